The quantitative estimate of drug-likeness (QED) is 0.930. The molecule has 0 aliphatic rings. The molecule has 0 bridgehead atoms. The smallest absolute Gasteiger partial charge is 0.336 e. The summed E-state index contributed by atoms with van der Waals surface area (Å²) in [5, 5.41) is 12.5. The maximum absolute atomic E-state index is 10.9. The minimum Gasteiger partial charge on any atom is -0.485 e. The van der Waals surface area contributed by atoms with Crippen molar-refractivity contribution in [2.75, 3.05) is 0 Å². The van der Waals surface area contributed by atoms with Crippen molar-refractivity contribution in [2.45, 2.75) is 6.61 Å². The molecular formula is C10H7BrN2O4. The van der Waals surface area contributed by atoms with Gasteiger partial charge in [0.05, 0.1) is 5.56 Å². The third-order valence-corrected chi connectivity index (χ3v) is 2.63. The Hall–Kier alpha value is -1.89. The summed E-state index contributed by atoms with van der Waals surface area (Å²) in [5.74, 6) is -0.206. The second kappa shape index (κ2) is 4.96. The molecular weight excluding hydrogens is 292 g/mol. The number of rotatable bonds is 4. The molecule has 1 N–H and O–H groups in total. The zero-order valence-electron chi connectivity index (χ0n) is 8.46. The molecule has 0 fully saturated rings. The van der Waals surface area contributed by atoms with E-state index in [9.17, 15) is 4.79 Å². The largest absolute Gasteiger partial charge is 0.485 e. The number of hydrogen-bond acceptors (Lipinski definition) is 5. The van der Waals surface area contributed by atoms with Gasteiger partial charge in [0.15, 0.2) is 6.61 Å². The van der Waals surface area contributed by atoms with Crippen LogP contribution in [0.25, 0.3) is 0 Å². The van der Waals surface area contributed by atoms with Gasteiger partial charge in [-0.1, -0.05) is 5.16 Å². The van der Waals surface area contributed by atoms with Crippen LogP contribution in [-0.4, -0.2) is 21.2 Å². The van der Waals surface area contributed by atoms with Crippen LogP contribution in [0.4, 0.5) is 0 Å². The molecule has 6 nitrogen and oxygen atoms in total. The third kappa shape index (κ3) is 2.82. The first-order chi connectivity index (χ1) is 8.16. The van der Waals surface area contributed by atoms with Crippen LogP contribution in [0.5, 0.6) is 5.75 Å². The number of halogens is 1. The normalized spacial score (nSPS) is 10.2. The maximum Gasteiger partial charge on any atom is 0.336 e. The first kappa shape index (κ1) is 11.6. The van der Waals surface area contributed by atoms with Crippen molar-refractivity contribution in [3.05, 3.63) is 40.5 Å². The van der Waals surface area contributed by atoms with Crippen molar-refractivity contribution in [3.8, 4) is 5.75 Å². The molecule has 0 aliphatic carbocycles. The number of carbonyl (C=O) groups is 1. The number of aromatic carboxylic acids is 1. The Balaban J connectivity index is 2.11. The van der Waals surface area contributed by atoms with Gasteiger partial charge in [-0.2, -0.15) is 4.98 Å². The number of carboxylic acid groups (broad SMARTS) is 1. The fourth-order valence-corrected chi connectivity index (χ4v) is 1.58. The van der Waals surface area contributed by atoms with E-state index < -0.39 is 5.97 Å². The Bertz CT molecular complexity index is 527. The highest BCUT2D eigenvalue weighted by Gasteiger charge is 2.10. The van der Waals surface area contributed by atoms with Gasteiger partial charge in [-0.3, -0.25) is 0 Å². The number of nitrogens with zero attached hydrogens (tertiary/aromatic N) is 2. The van der Waals surface area contributed by atoms with Crippen LogP contribution in [0.3, 0.4) is 0 Å². The highest BCUT2D eigenvalue weighted by atomic mass is 79.9. The summed E-state index contributed by atoms with van der Waals surface area (Å²) in [5.41, 5.74) is 0.135. The fourth-order valence-electron chi connectivity index (χ4n) is 1.16. The van der Waals surface area contributed by atoms with Crippen LogP contribution in [0, 0.1) is 0 Å². The van der Waals surface area contributed by atoms with E-state index in [4.69, 9.17) is 9.84 Å². The Kier molecular flexibility index (Phi) is 3.38. The van der Waals surface area contributed by atoms with Crippen molar-refractivity contribution in [3.63, 3.8) is 0 Å². The van der Waals surface area contributed by atoms with Crippen molar-refractivity contribution < 1.29 is 19.2 Å². The number of carboxylic acids is 1. The topological polar surface area (TPSA) is 85.5 Å². The zero-order chi connectivity index (χ0) is 12.3. The van der Waals surface area contributed by atoms with E-state index in [-0.39, 0.29) is 12.2 Å². The molecule has 0 radical (unpaired) electrons. The predicted molar refractivity (Wildman–Crippen MR) is 59.7 cm³/mol. The van der Waals surface area contributed by atoms with E-state index >= 15 is 0 Å². The SMILES string of the molecule is O=C(O)c1cc(OCc2ncon2)ccc1Br. The summed E-state index contributed by atoms with van der Waals surface area (Å²) < 4.78 is 10.4. The van der Waals surface area contributed by atoms with Crippen molar-refractivity contribution >= 4 is 21.9 Å². The number of hydrogen-bond donors (Lipinski definition) is 1. The van der Waals surface area contributed by atoms with Crippen LogP contribution in [-0.2, 0) is 6.61 Å². The number of ether oxygens (including phenoxy) is 1. The molecule has 1 heterocycles. The molecule has 1 aromatic carbocycles. The molecule has 2 rings (SSSR count). The molecule has 7 heteroatoms. The Morgan fingerprint density at radius 3 is 3.00 bits per heavy atom. The van der Waals surface area contributed by atoms with E-state index in [1.165, 1.54) is 12.5 Å². The van der Waals surface area contributed by atoms with Crippen molar-refractivity contribution in [1.29, 1.82) is 0 Å². The molecule has 1 aromatic heterocycles. The van der Waals surface area contributed by atoms with E-state index in [2.05, 4.69) is 30.6 Å². The van der Waals surface area contributed by atoms with Gasteiger partial charge < -0.3 is 14.4 Å². The van der Waals surface area contributed by atoms with Gasteiger partial charge in [-0.25, -0.2) is 4.79 Å². The lowest BCUT2D eigenvalue weighted by Gasteiger charge is -2.05. The second-order valence-electron chi connectivity index (χ2n) is 3.08. The monoisotopic (exact) mass is 298 g/mol. The standard InChI is InChI=1S/C10H7BrN2O4/c11-8-2-1-6(3-7(8)10(14)15)16-4-9-12-5-17-13-9/h1-3,5H,4H2,(H,14,15). The van der Waals surface area contributed by atoms with Crippen LogP contribution in [0.2, 0.25) is 0 Å². The van der Waals surface area contributed by atoms with Gasteiger partial charge in [-0.15, -0.1) is 0 Å². The van der Waals surface area contributed by atoms with Gasteiger partial charge >= 0.3 is 5.97 Å². The molecule has 0 unspecified atom stereocenters. The minimum absolute atomic E-state index is 0.122. The Morgan fingerprint density at radius 2 is 2.35 bits per heavy atom. The fraction of sp³-hybridized carbons (Fsp3) is 0.100. The predicted octanol–water partition coefficient (Wildman–Crippen LogP) is 2.11. The van der Waals surface area contributed by atoms with Crippen molar-refractivity contribution in [1.82, 2.24) is 10.1 Å². The van der Waals surface area contributed by atoms with Crippen LogP contribution in [0.1, 0.15) is 16.2 Å². The molecule has 0 atom stereocenters. The first-order valence-electron chi connectivity index (χ1n) is 4.57. The van der Waals surface area contributed by atoms with Gasteiger partial charge in [0, 0.05) is 4.47 Å². The highest BCUT2D eigenvalue weighted by molar-refractivity contribution is 9.10. The minimum atomic E-state index is -1.03. The average molecular weight is 299 g/mol. The molecule has 0 saturated carbocycles. The maximum atomic E-state index is 10.9. The summed E-state index contributed by atoms with van der Waals surface area (Å²) in [7, 11) is 0. The van der Waals surface area contributed by atoms with Crippen LogP contribution >= 0.6 is 15.9 Å². The highest BCUT2D eigenvalue weighted by Crippen LogP contribution is 2.23. The summed E-state index contributed by atoms with van der Waals surface area (Å²) in [6, 6.07) is 4.68. The van der Waals surface area contributed by atoms with Gasteiger partial charge in [-0.05, 0) is 34.1 Å². The molecule has 88 valence electrons. The summed E-state index contributed by atoms with van der Waals surface area (Å²) in [6.45, 7) is 0.122. The van der Waals surface area contributed by atoms with Crippen LogP contribution < -0.4 is 4.74 Å². The summed E-state index contributed by atoms with van der Waals surface area (Å²) in [6.07, 6.45) is 1.20. The molecule has 2 aromatic rings. The molecule has 0 aliphatic heterocycles. The number of benzene rings is 1. The lowest BCUT2D eigenvalue weighted by atomic mass is 10.2. The first-order valence-corrected chi connectivity index (χ1v) is 5.37. The van der Waals surface area contributed by atoms with E-state index in [1.807, 2.05) is 0 Å². The number of aromatic nitrogens is 2. The van der Waals surface area contributed by atoms with E-state index in [0.717, 1.165) is 0 Å². The van der Waals surface area contributed by atoms with E-state index in [0.29, 0.717) is 16.0 Å². The average Bonchev–Trinajstić information content (AvgIpc) is 2.80. The third-order valence-electron chi connectivity index (χ3n) is 1.94. The van der Waals surface area contributed by atoms with Gasteiger partial charge in [0.2, 0.25) is 12.2 Å². The molecule has 0 spiro atoms. The lowest BCUT2D eigenvalue weighted by Crippen LogP contribution is -2.01. The molecule has 0 amide bonds. The molecule has 0 saturated heterocycles. The lowest BCUT2D eigenvalue weighted by molar-refractivity contribution is 0.0695. The zero-order valence-corrected chi connectivity index (χ0v) is 10.0. The van der Waals surface area contributed by atoms with Gasteiger partial charge in [0.25, 0.3) is 0 Å². The summed E-state index contributed by atoms with van der Waals surface area (Å²) in [4.78, 5) is 14.7. The second-order valence-corrected chi connectivity index (χ2v) is 3.94. The van der Waals surface area contributed by atoms with E-state index in [1.54, 1.807) is 12.1 Å². The Morgan fingerprint density at radius 1 is 1.53 bits per heavy atom. The van der Waals surface area contributed by atoms with Crippen LogP contribution in [0.15, 0.2) is 33.6 Å². The molecule has 17 heavy (non-hydrogen) atoms. The van der Waals surface area contributed by atoms with Crippen molar-refractivity contribution in [2.24, 2.45) is 0 Å². The van der Waals surface area contributed by atoms with Gasteiger partial charge in [0.1, 0.15) is 5.75 Å². The summed E-state index contributed by atoms with van der Waals surface area (Å²) >= 11 is 3.14. The Labute approximate surface area is 104 Å².